The normalized spacial score (nSPS) is 12.4. The van der Waals surface area contributed by atoms with Gasteiger partial charge in [-0.25, -0.2) is 4.39 Å². The summed E-state index contributed by atoms with van der Waals surface area (Å²) in [4.78, 5) is 25.0. The molecule has 0 aliphatic carbocycles. The molecule has 0 unspecified atom stereocenters. The SMILES string of the molecule is CC(C)c1c(C(=O)Nc2ccccc2)c(-c2ccccc2)c(-c2ccc(F)cc2)n1CC[C@@H](O)C[C@@H](O)CC(=O)O.[H-].[H-].[Sr+2]. The van der Waals surface area contributed by atoms with Crippen LogP contribution in [0.15, 0.2) is 84.9 Å². The second kappa shape index (κ2) is 15.6. The number of rotatable bonds is 12. The number of nitrogens with one attached hydrogen (secondary N) is 1. The summed E-state index contributed by atoms with van der Waals surface area (Å²) < 4.78 is 16.0. The van der Waals surface area contributed by atoms with Crippen molar-refractivity contribution in [2.45, 2.75) is 57.8 Å². The summed E-state index contributed by atoms with van der Waals surface area (Å²) in [6.07, 6.45) is -2.51. The van der Waals surface area contributed by atoms with Crippen molar-refractivity contribution in [3.05, 3.63) is 102 Å². The summed E-state index contributed by atoms with van der Waals surface area (Å²) in [5, 5.41) is 32.8. The van der Waals surface area contributed by atoms with Gasteiger partial charge in [0.2, 0.25) is 0 Å². The van der Waals surface area contributed by atoms with Gasteiger partial charge in [-0.2, -0.15) is 0 Å². The Morgan fingerprint density at radius 1 is 0.881 bits per heavy atom. The summed E-state index contributed by atoms with van der Waals surface area (Å²) in [5.74, 6) is -1.93. The molecule has 0 aliphatic heterocycles. The van der Waals surface area contributed by atoms with Crippen molar-refractivity contribution in [1.82, 2.24) is 4.57 Å². The molecule has 0 fully saturated rings. The van der Waals surface area contributed by atoms with E-state index in [0.29, 0.717) is 28.1 Å². The molecule has 0 saturated heterocycles. The smallest absolute Gasteiger partial charge is 1.00 e. The minimum atomic E-state index is -1.18. The van der Waals surface area contributed by atoms with Crippen LogP contribution in [-0.2, 0) is 11.3 Å². The first-order valence-corrected chi connectivity index (χ1v) is 13.7. The van der Waals surface area contributed by atoms with Gasteiger partial charge in [0.05, 0.1) is 29.9 Å². The van der Waals surface area contributed by atoms with Crippen LogP contribution < -0.4 is 5.32 Å². The molecule has 9 heteroatoms. The van der Waals surface area contributed by atoms with E-state index < -0.39 is 24.6 Å². The number of aliphatic hydroxyl groups excluding tert-OH is 2. The summed E-state index contributed by atoms with van der Waals surface area (Å²) in [6, 6.07) is 24.8. The van der Waals surface area contributed by atoms with Gasteiger partial charge in [0.1, 0.15) is 5.82 Å². The molecule has 4 N–H and O–H groups in total. The molecule has 0 radical (unpaired) electrons. The standard InChI is InChI=1S/C33H35FN2O5.Sr.2H/c1-21(2)31-30(33(41)35-25-11-7-4-8-12-25)29(22-9-5-3-6-10-22)32(23-13-15-24(34)16-14-23)36(31)18-17-26(37)19-27(38)20-28(39)40;;;/h3-16,21,26-27,37-38H,17-20H2,1-2H3,(H,35,41)(H,39,40);;;/q;+2;2*-1/t26-,27-;;;/m1.../s1. The average molecular weight is 648 g/mol. The van der Waals surface area contributed by atoms with E-state index in [4.69, 9.17) is 5.11 Å². The van der Waals surface area contributed by atoms with Crippen molar-refractivity contribution in [3.63, 3.8) is 0 Å². The molecule has 2 atom stereocenters. The van der Waals surface area contributed by atoms with E-state index in [-0.39, 0.29) is 85.4 Å². The molecule has 1 aromatic heterocycles. The average Bonchev–Trinajstić information content (AvgIpc) is 3.28. The molecule has 0 saturated carbocycles. The van der Waals surface area contributed by atoms with Crippen LogP contribution in [0.1, 0.15) is 57.9 Å². The van der Waals surface area contributed by atoms with Gasteiger partial charge in [-0.1, -0.05) is 62.4 Å². The molecular formula is C33H37FN2O5Sr. The number of para-hydroxylation sites is 1. The van der Waals surface area contributed by atoms with Gasteiger partial charge < -0.3 is 28.1 Å². The number of aliphatic carboxylic acids is 1. The van der Waals surface area contributed by atoms with Crippen LogP contribution in [0.2, 0.25) is 0 Å². The number of carboxylic acids is 1. The number of hydrogen-bond donors (Lipinski definition) is 4. The van der Waals surface area contributed by atoms with Gasteiger partial charge in [-0.3, -0.25) is 9.59 Å². The van der Waals surface area contributed by atoms with Crippen molar-refractivity contribution in [1.29, 1.82) is 0 Å². The molecule has 4 rings (SSSR count). The van der Waals surface area contributed by atoms with Gasteiger partial charge in [0.25, 0.3) is 5.91 Å². The number of hydrogen-bond acceptors (Lipinski definition) is 4. The summed E-state index contributed by atoms with van der Waals surface area (Å²) in [6.45, 7) is 4.25. The maximum absolute atomic E-state index is 14.0. The fourth-order valence-electron chi connectivity index (χ4n) is 5.20. The van der Waals surface area contributed by atoms with E-state index in [1.54, 1.807) is 12.1 Å². The van der Waals surface area contributed by atoms with Crippen LogP contribution in [0.4, 0.5) is 10.1 Å². The summed E-state index contributed by atoms with van der Waals surface area (Å²) in [7, 11) is 0. The van der Waals surface area contributed by atoms with E-state index in [1.165, 1.54) is 12.1 Å². The quantitative estimate of drug-likeness (QED) is 0.138. The second-order valence-corrected chi connectivity index (χ2v) is 10.4. The Labute approximate surface area is 285 Å². The summed E-state index contributed by atoms with van der Waals surface area (Å²) in [5.41, 5.74) is 4.77. The Bertz CT molecular complexity index is 1490. The van der Waals surface area contributed by atoms with Crippen LogP contribution in [0.3, 0.4) is 0 Å². The zero-order valence-corrected chi connectivity index (χ0v) is 27.3. The molecule has 3 aromatic carbocycles. The van der Waals surface area contributed by atoms with Crippen molar-refractivity contribution in [2.24, 2.45) is 0 Å². The number of anilines is 1. The van der Waals surface area contributed by atoms with E-state index >= 15 is 0 Å². The van der Waals surface area contributed by atoms with Crippen molar-refractivity contribution in [2.75, 3.05) is 5.32 Å². The molecule has 0 aliphatic rings. The van der Waals surface area contributed by atoms with Crippen LogP contribution in [0.25, 0.3) is 22.4 Å². The first-order valence-electron chi connectivity index (χ1n) is 13.7. The number of carboxylic acid groups (broad SMARTS) is 1. The molecule has 0 bridgehead atoms. The van der Waals surface area contributed by atoms with Gasteiger partial charge in [0, 0.05) is 23.5 Å². The Kier molecular flexibility index (Phi) is 12.5. The minimum Gasteiger partial charge on any atom is -1.00 e. The van der Waals surface area contributed by atoms with Crippen LogP contribution in [0, 0.1) is 5.82 Å². The maximum atomic E-state index is 14.0. The van der Waals surface area contributed by atoms with E-state index in [1.807, 2.05) is 79.1 Å². The van der Waals surface area contributed by atoms with E-state index in [2.05, 4.69) is 5.32 Å². The molecule has 4 aromatic rings. The summed E-state index contributed by atoms with van der Waals surface area (Å²) >= 11 is 0. The zero-order valence-electron chi connectivity index (χ0n) is 25.8. The molecular weight excluding hydrogens is 611 g/mol. The topological polar surface area (TPSA) is 112 Å². The van der Waals surface area contributed by atoms with Crippen LogP contribution in [-0.4, -0.2) is 89.5 Å². The largest absolute Gasteiger partial charge is 2.00 e. The third-order valence-corrected chi connectivity index (χ3v) is 6.93. The predicted molar refractivity (Wildman–Crippen MR) is 165 cm³/mol. The third kappa shape index (κ3) is 8.40. The fourth-order valence-corrected chi connectivity index (χ4v) is 5.20. The Hall–Kier alpha value is -2.79. The van der Waals surface area contributed by atoms with E-state index in [0.717, 1.165) is 11.3 Å². The van der Waals surface area contributed by atoms with Crippen molar-refractivity contribution >= 4 is 63.0 Å². The number of benzene rings is 3. The van der Waals surface area contributed by atoms with Crippen molar-refractivity contribution in [3.8, 4) is 22.4 Å². The molecule has 42 heavy (non-hydrogen) atoms. The number of nitrogens with zero attached hydrogens (tertiary/aromatic N) is 1. The number of amides is 1. The number of carbonyl (C=O) groups is 2. The van der Waals surface area contributed by atoms with Gasteiger partial charge in [-0.15, -0.1) is 0 Å². The Morgan fingerprint density at radius 2 is 1.48 bits per heavy atom. The van der Waals surface area contributed by atoms with Gasteiger partial charge in [-0.05, 0) is 66.3 Å². The van der Waals surface area contributed by atoms with Gasteiger partial charge in [0.15, 0.2) is 0 Å². The first-order chi connectivity index (χ1) is 19.7. The number of halogens is 1. The zero-order chi connectivity index (χ0) is 29.5. The Morgan fingerprint density at radius 3 is 2.05 bits per heavy atom. The Balaban J connectivity index is 0.00000323. The molecule has 218 valence electrons. The minimum absolute atomic E-state index is 0. The molecule has 1 heterocycles. The number of aliphatic hydroxyl groups is 2. The van der Waals surface area contributed by atoms with Crippen LogP contribution in [0.5, 0.6) is 0 Å². The van der Waals surface area contributed by atoms with E-state index in [9.17, 15) is 24.2 Å². The monoisotopic (exact) mass is 648 g/mol. The number of carbonyl (C=O) groups excluding carboxylic acids is 1. The predicted octanol–water partition coefficient (Wildman–Crippen LogP) is 6.16. The van der Waals surface area contributed by atoms with Crippen LogP contribution >= 0.6 is 0 Å². The molecule has 7 nitrogen and oxygen atoms in total. The third-order valence-electron chi connectivity index (χ3n) is 6.93. The number of aromatic nitrogens is 1. The molecule has 0 spiro atoms. The van der Waals surface area contributed by atoms with Crippen molar-refractivity contribution < 1.29 is 32.2 Å². The second-order valence-electron chi connectivity index (χ2n) is 10.4. The fraction of sp³-hybridized carbons (Fsp3) is 0.273. The maximum Gasteiger partial charge on any atom is 2.00 e. The van der Waals surface area contributed by atoms with Gasteiger partial charge >= 0.3 is 51.5 Å². The first kappa shape index (κ1) is 33.7. The molecule has 1 amide bonds.